The lowest BCUT2D eigenvalue weighted by Gasteiger charge is -2.18. The second kappa shape index (κ2) is 11.6. The molecule has 8 heteroatoms. The first-order valence-electron chi connectivity index (χ1n) is 10.6. The Bertz CT molecular complexity index is 1060. The average molecular weight is 450 g/mol. The zero-order valence-corrected chi connectivity index (χ0v) is 18.3. The molecule has 1 aromatic heterocycles. The molecule has 33 heavy (non-hydrogen) atoms. The molecular formula is C25H27N3O5. The number of ether oxygens (including phenoxy) is 1. The van der Waals surface area contributed by atoms with Crippen molar-refractivity contribution in [3.8, 4) is 5.75 Å². The van der Waals surface area contributed by atoms with E-state index in [2.05, 4.69) is 15.6 Å². The van der Waals surface area contributed by atoms with Gasteiger partial charge in [0, 0.05) is 25.6 Å². The minimum absolute atomic E-state index is 0.0730. The molecule has 0 fully saturated rings. The van der Waals surface area contributed by atoms with E-state index in [1.807, 2.05) is 25.2 Å². The van der Waals surface area contributed by atoms with E-state index >= 15 is 0 Å². The Kier molecular flexibility index (Phi) is 8.37. The highest BCUT2D eigenvalue weighted by atomic mass is 16.5. The summed E-state index contributed by atoms with van der Waals surface area (Å²) in [7, 11) is 1.82. The number of aliphatic carboxylic acids is 1. The zero-order valence-electron chi connectivity index (χ0n) is 18.3. The molecule has 1 heterocycles. The first-order chi connectivity index (χ1) is 16.0. The van der Waals surface area contributed by atoms with E-state index in [9.17, 15) is 19.8 Å². The standard InChI is InChI=1S/C25H27N3O5/c1-26-22-9-5-8-19(27-22)14-15-33-20-12-10-17(11-13-20)16-21(25(31)32)28-24(30)23(29)18-6-3-2-4-7-18/h2-13,21,23,29H,14-16H2,1H3,(H,26,27)(H,28,30)(H,31,32)/t21-,23?/m0/s1. The number of nitrogens with one attached hydrogen (secondary N) is 2. The van der Waals surface area contributed by atoms with Gasteiger partial charge in [0.25, 0.3) is 5.91 Å². The lowest BCUT2D eigenvalue weighted by Crippen LogP contribution is -2.44. The van der Waals surface area contributed by atoms with Crippen LogP contribution in [0.15, 0.2) is 72.8 Å². The first-order valence-corrected chi connectivity index (χ1v) is 10.6. The van der Waals surface area contributed by atoms with Gasteiger partial charge in [-0.05, 0) is 35.4 Å². The zero-order chi connectivity index (χ0) is 23.6. The minimum Gasteiger partial charge on any atom is -0.493 e. The highest BCUT2D eigenvalue weighted by molar-refractivity contribution is 5.87. The van der Waals surface area contributed by atoms with Gasteiger partial charge in [0.05, 0.1) is 6.61 Å². The van der Waals surface area contributed by atoms with Gasteiger partial charge in [-0.15, -0.1) is 0 Å². The average Bonchev–Trinajstić information content (AvgIpc) is 2.84. The third-order valence-corrected chi connectivity index (χ3v) is 5.03. The van der Waals surface area contributed by atoms with Gasteiger partial charge < -0.3 is 25.6 Å². The van der Waals surface area contributed by atoms with E-state index < -0.39 is 24.0 Å². The van der Waals surface area contributed by atoms with Gasteiger partial charge >= 0.3 is 5.97 Å². The second-order valence-electron chi connectivity index (χ2n) is 7.42. The molecule has 0 aliphatic heterocycles. The van der Waals surface area contributed by atoms with Gasteiger partial charge in [0.1, 0.15) is 17.6 Å². The molecule has 2 atom stereocenters. The van der Waals surface area contributed by atoms with E-state index in [-0.39, 0.29) is 6.42 Å². The van der Waals surface area contributed by atoms with Crippen LogP contribution in [0.1, 0.15) is 22.9 Å². The smallest absolute Gasteiger partial charge is 0.326 e. The molecule has 0 aliphatic carbocycles. The molecule has 8 nitrogen and oxygen atoms in total. The molecule has 0 saturated carbocycles. The van der Waals surface area contributed by atoms with Crippen LogP contribution < -0.4 is 15.4 Å². The molecule has 3 rings (SSSR count). The summed E-state index contributed by atoms with van der Waals surface area (Å²) < 4.78 is 5.76. The van der Waals surface area contributed by atoms with Crippen LogP contribution in [0, 0.1) is 0 Å². The summed E-state index contributed by atoms with van der Waals surface area (Å²) in [4.78, 5) is 28.4. The number of carboxylic acid groups (broad SMARTS) is 1. The molecule has 172 valence electrons. The molecule has 1 unspecified atom stereocenters. The SMILES string of the molecule is CNc1cccc(CCOc2ccc(C[C@H](NC(=O)C(O)c3ccccc3)C(=O)O)cc2)n1. The van der Waals surface area contributed by atoms with Gasteiger partial charge in [-0.2, -0.15) is 0 Å². The molecule has 0 bridgehead atoms. The van der Waals surface area contributed by atoms with Crippen LogP contribution in [0.3, 0.4) is 0 Å². The van der Waals surface area contributed by atoms with Crippen molar-refractivity contribution in [2.24, 2.45) is 0 Å². The number of aliphatic hydroxyl groups is 1. The van der Waals surface area contributed by atoms with Gasteiger partial charge in [0.2, 0.25) is 0 Å². The lowest BCUT2D eigenvalue weighted by atomic mass is 10.0. The highest BCUT2D eigenvalue weighted by Gasteiger charge is 2.25. The van der Waals surface area contributed by atoms with Crippen LogP contribution in [0.25, 0.3) is 0 Å². The van der Waals surface area contributed by atoms with Crippen LogP contribution >= 0.6 is 0 Å². The van der Waals surface area contributed by atoms with Crippen LogP contribution in [-0.2, 0) is 22.4 Å². The summed E-state index contributed by atoms with van der Waals surface area (Å²) in [5.41, 5.74) is 2.03. The van der Waals surface area contributed by atoms with Crippen LogP contribution in [0.4, 0.5) is 5.82 Å². The van der Waals surface area contributed by atoms with E-state index in [0.717, 1.165) is 11.5 Å². The monoisotopic (exact) mass is 449 g/mol. The van der Waals surface area contributed by atoms with Gasteiger partial charge in [-0.3, -0.25) is 4.79 Å². The summed E-state index contributed by atoms with van der Waals surface area (Å²) in [5.74, 6) is -0.489. The maximum atomic E-state index is 12.3. The van der Waals surface area contributed by atoms with Crippen molar-refractivity contribution in [2.45, 2.75) is 25.0 Å². The molecule has 0 radical (unpaired) electrons. The first kappa shape index (κ1) is 23.7. The molecule has 3 aromatic rings. The highest BCUT2D eigenvalue weighted by Crippen LogP contribution is 2.16. The Hall–Kier alpha value is -3.91. The van der Waals surface area contributed by atoms with Crippen LogP contribution in [-0.4, -0.2) is 46.8 Å². The second-order valence-corrected chi connectivity index (χ2v) is 7.42. The topological polar surface area (TPSA) is 121 Å². The number of carboxylic acids is 1. The number of aromatic nitrogens is 1. The Morgan fingerprint density at radius 2 is 1.73 bits per heavy atom. The fourth-order valence-corrected chi connectivity index (χ4v) is 3.23. The quantitative estimate of drug-likeness (QED) is 0.355. The molecule has 2 aromatic carbocycles. The predicted octanol–water partition coefficient (Wildman–Crippen LogP) is 2.59. The van der Waals surface area contributed by atoms with E-state index in [1.54, 1.807) is 54.6 Å². The molecule has 0 spiro atoms. The number of hydrogen-bond acceptors (Lipinski definition) is 6. The summed E-state index contributed by atoms with van der Waals surface area (Å²) in [6.07, 6.45) is -0.718. The molecule has 0 saturated heterocycles. The Morgan fingerprint density at radius 3 is 2.39 bits per heavy atom. The fraction of sp³-hybridized carbons (Fsp3) is 0.240. The summed E-state index contributed by atoms with van der Waals surface area (Å²) in [6, 6.07) is 20.0. The van der Waals surface area contributed by atoms with Crippen LogP contribution in [0.2, 0.25) is 0 Å². The Morgan fingerprint density at radius 1 is 1.00 bits per heavy atom. The van der Waals surface area contributed by atoms with Crippen LogP contribution in [0.5, 0.6) is 5.75 Å². The van der Waals surface area contributed by atoms with Crippen molar-refractivity contribution in [1.82, 2.24) is 10.3 Å². The van der Waals surface area contributed by atoms with Crippen molar-refractivity contribution in [2.75, 3.05) is 19.0 Å². The third kappa shape index (κ3) is 7.05. The largest absolute Gasteiger partial charge is 0.493 e. The summed E-state index contributed by atoms with van der Waals surface area (Å²) in [5, 5.41) is 25.1. The van der Waals surface area contributed by atoms with Gasteiger partial charge in [-0.25, -0.2) is 9.78 Å². The normalized spacial score (nSPS) is 12.4. The number of carbonyl (C=O) groups is 2. The number of hydrogen-bond donors (Lipinski definition) is 4. The number of carbonyl (C=O) groups excluding carboxylic acids is 1. The number of pyridine rings is 1. The predicted molar refractivity (Wildman–Crippen MR) is 124 cm³/mol. The molecule has 0 aliphatic rings. The lowest BCUT2D eigenvalue weighted by molar-refractivity contribution is -0.143. The minimum atomic E-state index is -1.44. The fourth-order valence-electron chi connectivity index (χ4n) is 3.23. The number of anilines is 1. The number of amides is 1. The van der Waals surface area contributed by atoms with Gasteiger partial charge in [-0.1, -0.05) is 48.5 Å². The summed E-state index contributed by atoms with van der Waals surface area (Å²) in [6.45, 7) is 0.449. The Balaban J connectivity index is 1.53. The van der Waals surface area contributed by atoms with E-state index in [4.69, 9.17) is 4.74 Å². The maximum absolute atomic E-state index is 12.3. The number of benzene rings is 2. The van der Waals surface area contributed by atoms with Crippen molar-refractivity contribution < 1.29 is 24.5 Å². The van der Waals surface area contributed by atoms with Crippen molar-refractivity contribution >= 4 is 17.7 Å². The van der Waals surface area contributed by atoms with Gasteiger partial charge in [0.15, 0.2) is 6.10 Å². The van der Waals surface area contributed by atoms with Crippen molar-refractivity contribution in [3.63, 3.8) is 0 Å². The van der Waals surface area contributed by atoms with E-state index in [0.29, 0.717) is 29.9 Å². The van der Waals surface area contributed by atoms with Crippen molar-refractivity contribution in [3.05, 3.63) is 89.6 Å². The number of aliphatic hydroxyl groups excluding tert-OH is 1. The van der Waals surface area contributed by atoms with Crippen molar-refractivity contribution in [1.29, 1.82) is 0 Å². The number of rotatable bonds is 11. The molecular weight excluding hydrogens is 422 g/mol. The molecule has 1 amide bonds. The number of nitrogens with zero attached hydrogens (tertiary/aromatic N) is 1. The summed E-state index contributed by atoms with van der Waals surface area (Å²) >= 11 is 0. The molecule has 4 N–H and O–H groups in total. The Labute approximate surface area is 192 Å². The maximum Gasteiger partial charge on any atom is 0.326 e. The van der Waals surface area contributed by atoms with E-state index in [1.165, 1.54) is 0 Å². The third-order valence-electron chi connectivity index (χ3n) is 5.03.